The second-order valence-corrected chi connectivity index (χ2v) is 8.54. The first-order valence-corrected chi connectivity index (χ1v) is 11.6. The highest BCUT2D eigenvalue weighted by Gasteiger charge is 2.20. The minimum atomic E-state index is -0.629. The molecule has 0 radical (unpaired) electrons. The predicted molar refractivity (Wildman–Crippen MR) is 122 cm³/mol. The second kappa shape index (κ2) is 10.0. The largest absolute Gasteiger partial charge is 0.490 e. The van der Waals surface area contributed by atoms with Crippen molar-refractivity contribution < 1.29 is 33.3 Å². The standard InChI is InChI=1S/C25H21NO7S/c27-19(16-4-6-20-22(13-16)30-10-2-9-29-20)15-33-25(28)18-3-1-8-26-24(18)34-17-5-7-21-23(14-17)32-12-11-31-21/h1,3-8,13-14H,2,9-12,15H2. The van der Waals surface area contributed by atoms with Gasteiger partial charge in [0.25, 0.3) is 0 Å². The van der Waals surface area contributed by atoms with E-state index in [-0.39, 0.29) is 11.3 Å². The number of benzene rings is 2. The van der Waals surface area contributed by atoms with E-state index in [0.29, 0.717) is 60.0 Å². The van der Waals surface area contributed by atoms with Crippen LogP contribution in [0, 0.1) is 0 Å². The molecule has 9 heteroatoms. The highest BCUT2D eigenvalue weighted by molar-refractivity contribution is 7.99. The Bertz CT molecular complexity index is 1230. The van der Waals surface area contributed by atoms with E-state index in [4.69, 9.17) is 23.7 Å². The van der Waals surface area contributed by atoms with Gasteiger partial charge in [-0.25, -0.2) is 9.78 Å². The van der Waals surface area contributed by atoms with Crippen LogP contribution in [0.5, 0.6) is 23.0 Å². The molecule has 0 saturated heterocycles. The Morgan fingerprint density at radius 2 is 1.56 bits per heavy atom. The molecular weight excluding hydrogens is 458 g/mol. The van der Waals surface area contributed by atoms with Crippen LogP contribution in [-0.4, -0.2) is 49.8 Å². The lowest BCUT2D eigenvalue weighted by Crippen LogP contribution is -2.15. The van der Waals surface area contributed by atoms with Crippen molar-refractivity contribution in [3.8, 4) is 23.0 Å². The van der Waals surface area contributed by atoms with Gasteiger partial charge in [0.15, 0.2) is 35.4 Å². The summed E-state index contributed by atoms with van der Waals surface area (Å²) in [6, 6.07) is 13.8. The van der Waals surface area contributed by atoms with Crippen molar-refractivity contribution in [3.63, 3.8) is 0 Å². The number of carbonyl (C=O) groups excluding carboxylic acids is 2. The highest BCUT2D eigenvalue weighted by Crippen LogP contribution is 2.37. The molecule has 0 saturated carbocycles. The van der Waals surface area contributed by atoms with E-state index in [1.165, 1.54) is 11.8 Å². The number of Topliss-reactive ketones (excluding diaryl/α,β-unsaturated/α-hetero) is 1. The summed E-state index contributed by atoms with van der Waals surface area (Å²) in [6.45, 7) is 1.68. The zero-order chi connectivity index (χ0) is 23.3. The van der Waals surface area contributed by atoms with Crippen molar-refractivity contribution >= 4 is 23.5 Å². The Hall–Kier alpha value is -3.72. The zero-order valence-corrected chi connectivity index (χ0v) is 19.0. The molecule has 174 valence electrons. The normalized spacial score (nSPS) is 14.1. The molecule has 0 N–H and O–H groups in total. The van der Waals surface area contributed by atoms with Crippen molar-refractivity contribution in [2.24, 2.45) is 0 Å². The van der Waals surface area contributed by atoms with Gasteiger partial charge in [0, 0.05) is 23.1 Å². The molecule has 3 heterocycles. The fraction of sp³-hybridized carbons (Fsp3) is 0.240. The summed E-state index contributed by atoms with van der Waals surface area (Å²) >= 11 is 1.30. The molecule has 5 rings (SSSR count). The average Bonchev–Trinajstić information content (AvgIpc) is 3.12. The SMILES string of the molecule is O=C(COC(=O)c1cccnc1Sc1ccc2c(c1)OCCO2)c1ccc2c(c1)OCCCO2. The maximum Gasteiger partial charge on any atom is 0.341 e. The Morgan fingerprint density at radius 1 is 0.853 bits per heavy atom. The summed E-state index contributed by atoms with van der Waals surface area (Å²) in [6.07, 6.45) is 2.37. The van der Waals surface area contributed by atoms with E-state index in [1.807, 2.05) is 18.2 Å². The lowest BCUT2D eigenvalue weighted by Gasteiger charge is -2.18. The summed E-state index contributed by atoms with van der Waals surface area (Å²) < 4.78 is 27.7. The molecule has 0 unspecified atom stereocenters. The third kappa shape index (κ3) is 4.94. The van der Waals surface area contributed by atoms with E-state index in [0.717, 1.165) is 11.3 Å². The number of esters is 1. The van der Waals surface area contributed by atoms with Gasteiger partial charge in [0.1, 0.15) is 18.2 Å². The molecule has 0 fully saturated rings. The number of nitrogens with zero attached hydrogens (tertiary/aromatic N) is 1. The molecule has 1 aromatic heterocycles. The van der Waals surface area contributed by atoms with Gasteiger partial charge < -0.3 is 23.7 Å². The van der Waals surface area contributed by atoms with Crippen LogP contribution in [0.3, 0.4) is 0 Å². The predicted octanol–water partition coefficient (Wildman–Crippen LogP) is 4.21. The minimum absolute atomic E-state index is 0.272. The molecule has 0 spiro atoms. The van der Waals surface area contributed by atoms with Gasteiger partial charge in [-0.2, -0.15) is 0 Å². The van der Waals surface area contributed by atoms with Gasteiger partial charge in [-0.3, -0.25) is 4.79 Å². The number of hydrogen-bond donors (Lipinski definition) is 0. The molecule has 34 heavy (non-hydrogen) atoms. The molecule has 2 aromatic carbocycles. The maximum atomic E-state index is 12.8. The molecule has 0 amide bonds. The zero-order valence-electron chi connectivity index (χ0n) is 18.2. The van der Waals surface area contributed by atoms with Crippen molar-refractivity contribution in [3.05, 3.63) is 65.9 Å². The van der Waals surface area contributed by atoms with Crippen LogP contribution in [0.4, 0.5) is 0 Å². The molecule has 2 aliphatic heterocycles. The van der Waals surface area contributed by atoms with Gasteiger partial charge in [-0.15, -0.1) is 0 Å². The average molecular weight is 480 g/mol. The number of aromatic nitrogens is 1. The molecule has 0 aliphatic carbocycles. The Labute approximate surface area is 200 Å². The summed E-state index contributed by atoms with van der Waals surface area (Å²) in [7, 11) is 0. The monoisotopic (exact) mass is 479 g/mol. The number of pyridine rings is 1. The van der Waals surface area contributed by atoms with Crippen LogP contribution in [0.1, 0.15) is 27.1 Å². The molecule has 8 nitrogen and oxygen atoms in total. The Kier molecular flexibility index (Phi) is 6.53. The van der Waals surface area contributed by atoms with Crippen molar-refractivity contribution in [2.45, 2.75) is 16.3 Å². The van der Waals surface area contributed by atoms with Crippen molar-refractivity contribution in [1.82, 2.24) is 4.98 Å². The van der Waals surface area contributed by atoms with Crippen LogP contribution in [0.15, 0.2) is 64.6 Å². The first kappa shape index (κ1) is 22.1. The van der Waals surface area contributed by atoms with Gasteiger partial charge in [0.05, 0.1) is 18.8 Å². The van der Waals surface area contributed by atoms with Crippen LogP contribution in [-0.2, 0) is 4.74 Å². The highest BCUT2D eigenvalue weighted by atomic mass is 32.2. The number of ketones is 1. The Morgan fingerprint density at radius 3 is 2.41 bits per heavy atom. The quantitative estimate of drug-likeness (QED) is 0.381. The lowest BCUT2D eigenvalue weighted by molar-refractivity contribution is 0.0470. The number of ether oxygens (including phenoxy) is 5. The molecule has 3 aromatic rings. The molecule has 0 bridgehead atoms. The summed E-state index contributed by atoms with van der Waals surface area (Å²) in [4.78, 5) is 30.6. The number of hydrogen-bond acceptors (Lipinski definition) is 9. The van der Waals surface area contributed by atoms with Gasteiger partial charge >= 0.3 is 5.97 Å². The molecule has 0 atom stereocenters. The van der Waals surface area contributed by atoms with E-state index >= 15 is 0 Å². The fourth-order valence-electron chi connectivity index (χ4n) is 3.46. The first-order valence-electron chi connectivity index (χ1n) is 10.8. The first-order chi connectivity index (χ1) is 16.7. The topological polar surface area (TPSA) is 93.2 Å². The van der Waals surface area contributed by atoms with E-state index in [2.05, 4.69) is 4.98 Å². The number of rotatable bonds is 6. The van der Waals surface area contributed by atoms with E-state index in [9.17, 15) is 9.59 Å². The second-order valence-electron chi connectivity index (χ2n) is 7.47. The summed E-state index contributed by atoms with van der Waals surface area (Å²) in [5, 5.41) is 0.465. The third-order valence-corrected chi connectivity index (χ3v) is 6.13. The van der Waals surface area contributed by atoms with Crippen LogP contribution < -0.4 is 18.9 Å². The Balaban J connectivity index is 1.26. The number of carbonyl (C=O) groups is 2. The smallest absolute Gasteiger partial charge is 0.341 e. The fourth-order valence-corrected chi connectivity index (χ4v) is 4.36. The third-order valence-electron chi connectivity index (χ3n) is 5.12. The lowest BCUT2D eigenvalue weighted by atomic mass is 10.1. The van der Waals surface area contributed by atoms with Crippen molar-refractivity contribution in [2.75, 3.05) is 33.0 Å². The van der Waals surface area contributed by atoms with Crippen LogP contribution in [0.25, 0.3) is 0 Å². The minimum Gasteiger partial charge on any atom is -0.490 e. The van der Waals surface area contributed by atoms with Gasteiger partial charge in [0.2, 0.25) is 0 Å². The summed E-state index contributed by atoms with van der Waals surface area (Å²) in [5.41, 5.74) is 0.656. The van der Waals surface area contributed by atoms with Crippen molar-refractivity contribution in [1.29, 1.82) is 0 Å². The molecular formula is C25H21NO7S. The molecule has 2 aliphatic rings. The van der Waals surface area contributed by atoms with E-state index in [1.54, 1.807) is 36.5 Å². The van der Waals surface area contributed by atoms with Crippen LogP contribution >= 0.6 is 11.8 Å². The summed E-state index contributed by atoms with van der Waals surface area (Å²) in [5.74, 6) is 1.48. The van der Waals surface area contributed by atoms with E-state index < -0.39 is 12.6 Å². The number of fused-ring (bicyclic) bond motifs is 2. The van der Waals surface area contributed by atoms with Gasteiger partial charge in [-0.1, -0.05) is 11.8 Å². The van der Waals surface area contributed by atoms with Gasteiger partial charge in [-0.05, 0) is 48.5 Å². The maximum absolute atomic E-state index is 12.8. The van der Waals surface area contributed by atoms with Crippen LogP contribution in [0.2, 0.25) is 0 Å².